The average molecular weight is 245 g/mol. The molecule has 1 aliphatic carbocycles. The first kappa shape index (κ1) is 13.0. The predicted octanol–water partition coefficient (Wildman–Crippen LogP) is 2.68. The zero-order valence-corrected chi connectivity index (χ0v) is 10.8. The van der Waals surface area contributed by atoms with E-state index in [-0.39, 0.29) is 0 Å². The highest BCUT2D eigenvalue weighted by atomic mass is 16.3. The van der Waals surface area contributed by atoms with Gasteiger partial charge in [-0.15, -0.1) is 0 Å². The van der Waals surface area contributed by atoms with Crippen molar-refractivity contribution in [3.63, 3.8) is 0 Å². The van der Waals surface area contributed by atoms with Crippen LogP contribution in [0.3, 0.4) is 0 Å². The Morgan fingerprint density at radius 2 is 2.00 bits per heavy atom. The van der Waals surface area contributed by atoms with E-state index in [4.69, 9.17) is 0 Å². The SMILES string of the molecule is Cc1nccc(C(O)C2(C#N)CCCCCC2)n1. The van der Waals surface area contributed by atoms with E-state index in [0.717, 1.165) is 38.5 Å². The average Bonchev–Trinajstić information content (AvgIpc) is 2.64. The van der Waals surface area contributed by atoms with Crippen molar-refractivity contribution in [2.24, 2.45) is 5.41 Å². The molecule has 4 heteroatoms. The van der Waals surface area contributed by atoms with Crippen LogP contribution in [0, 0.1) is 23.7 Å². The number of nitrogens with zero attached hydrogens (tertiary/aromatic N) is 3. The summed E-state index contributed by atoms with van der Waals surface area (Å²) in [5.74, 6) is 0.633. The third-order valence-corrected chi connectivity index (χ3v) is 3.82. The molecule has 0 amide bonds. The molecule has 1 aromatic heterocycles. The van der Waals surface area contributed by atoms with Gasteiger partial charge in [0, 0.05) is 6.20 Å². The van der Waals surface area contributed by atoms with E-state index in [1.54, 1.807) is 19.2 Å². The summed E-state index contributed by atoms with van der Waals surface area (Å²) in [7, 11) is 0. The van der Waals surface area contributed by atoms with Gasteiger partial charge in [0.15, 0.2) is 0 Å². The van der Waals surface area contributed by atoms with Gasteiger partial charge in [0.25, 0.3) is 0 Å². The number of aryl methyl sites for hydroxylation is 1. The zero-order chi connectivity index (χ0) is 13.0. The molecule has 1 aromatic rings. The summed E-state index contributed by atoms with van der Waals surface area (Å²) in [5.41, 5.74) is -0.0944. The minimum atomic E-state index is -0.803. The first-order chi connectivity index (χ1) is 8.68. The molecule has 96 valence electrons. The van der Waals surface area contributed by atoms with Gasteiger partial charge in [-0.1, -0.05) is 25.7 Å². The summed E-state index contributed by atoms with van der Waals surface area (Å²) in [6.07, 6.45) is 6.67. The van der Waals surface area contributed by atoms with Crippen molar-refractivity contribution in [1.82, 2.24) is 9.97 Å². The van der Waals surface area contributed by atoms with Crippen LogP contribution < -0.4 is 0 Å². The van der Waals surface area contributed by atoms with Crippen LogP contribution in [0.4, 0.5) is 0 Å². The molecule has 0 saturated heterocycles. The van der Waals surface area contributed by atoms with Gasteiger partial charge in [0.1, 0.15) is 11.9 Å². The summed E-state index contributed by atoms with van der Waals surface area (Å²) in [5, 5.41) is 20.0. The fraction of sp³-hybridized carbons (Fsp3) is 0.643. The second-order valence-corrected chi connectivity index (χ2v) is 5.11. The summed E-state index contributed by atoms with van der Waals surface area (Å²) >= 11 is 0. The highest BCUT2D eigenvalue weighted by Crippen LogP contribution is 2.43. The summed E-state index contributed by atoms with van der Waals surface area (Å²) in [6, 6.07) is 4.07. The second kappa shape index (κ2) is 5.45. The number of aromatic nitrogens is 2. The smallest absolute Gasteiger partial charge is 0.125 e. The molecule has 1 atom stereocenters. The van der Waals surface area contributed by atoms with Crippen molar-refractivity contribution in [2.75, 3.05) is 0 Å². The molecule has 1 saturated carbocycles. The molecular formula is C14H19N3O. The lowest BCUT2D eigenvalue weighted by Gasteiger charge is -2.30. The molecule has 1 fully saturated rings. The Balaban J connectivity index is 2.29. The summed E-state index contributed by atoms with van der Waals surface area (Å²) < 4.78 is 0. The maximum atomic E-state index is 10.5. The van der Waals surface area contributed by atoms with E-state index in [9.17, 15) is 10.4 Å². The van der Waals surface area contributed by atoms with Gasteiger partial charge in [-0.05, 0) is 25.8 Å². The standard InChI is InChI=1S/C14H19N3O/c1-11-16-9-6-12(17-11)13(18)14(10-15)7-4-2-3-5-8-14/h6,9,13,18H,2-5,7-8H2,1H3. The lowest BCUT2D eigenvalue weighted by molar-refractivity contribution is 0.0479. The Morgan fingerprint density at radius 3 is 2.56 bits per heavy atom. The summed E-state index contributed by atoms with van der Waals surface area (Å²) in [4.78, 5) is 8.29. The monoisotopic (exact) mass is 245 g/mol. The molecule has 1 aliphatic rings. The number of aliphatic hydroxyl groups is 1. The van der Waals surface area contributed by atoms with E-state index < -0.39 is 11.5 Å². The molecule has 0 spiro atoms. The Bertz CT molecular complexity index is 445. The molecule has 2 rings (SSSR count). The van der Waals surface area contributed by atoms with Gasteiger partial charge in [-0.2, -0.15) is 5.26 Å². The van der Waals surface area contributed by atoms with Gasteiger partial charge in [-0.3, -0.25) is 0 Å². The van der Waals surface area contributed by atoms with E-state index in [1.165, 1.54) is 0 Å². The number of rotatable bonds is 2. The van der Waals surface area contributed by atoms with Gasteiger partial charge in [0.2, 0.25) is 0 Å². The Hall–Kier alpha value is -1.47. The van der Waals surface area contributed by atoms with Crippen LogP contribution in [-0.2, 0) is 0 Å². The molecule has 0 radical (unpaired) electrons. The molecule has 4 nitrogen and oxygen atoms in total. The molecule has 18 heavy (non-hydrogen) atoms. The quantitative estimate of drug-likeness (QED) is 0.813. The first-order valence-electron chi connectivity index (χ1n) is 6.57. The molecule has 1 unspecified atom stereocenters. The highest BCUT2D eigenvalue weighted by molar-refractivity contribution is 5.15. The lowest BCUT2D eigenvalue weighted by atomic mass is 9.75. The third-order valence-electron chi connectivity index (χ3n) is 3.82. The van der Waals surface area contributed by atoms with Crippen LogP contribution >= 0.6 is 0 Å². The number of hydrogen-bond acceptors (Lipinski definition) is 4. The van der Waals surface area contributed by atoms with Gasteiger partial charge < -0.3 is 5.11 Å². The largest absolute Gasteiger partial charge is 0.385 e. The van der Waals surface area contributed by atoms with E-state index >= 15 is 0 Å². The minimum Gasteiger partial charge on any atom is -0.385 e. The maximum Gasteiger partial charge on any atom is 0.125 e. The van der Waals surface area contributed by atoms with Gasteiger partial charge in [0.05, 0.1) is 17.2 Å². The first-order valence-corrected chi connectivity index (χ1v) is 6.57. The Labute approximate surface area is 108 Å². The third kappa shape index (κ3) is 2.51. The maximum absolute atomic E-state index is 10.5. The number of aliphatic hydroxyl groups excluding tert-OH is 1. The van der Waals surface area contributed by atoms with Crippen molar-refractivity contribution in [1.29, 1.82) is 5.26 Å². The van der Waals surface area contributed by atoms with Crippen LogP contribution in [0.15, 0.2) is 12.3 Å². The molecule has 0 aliphatic heterocycles. The molecule has 0 bridgehead atoms. The Morgan fingerprint density at radius 1 is 1.33 bits per heavy atom. The van der Waals surface area contributed by atoms with Crippen LogP contribution in [0.5, 0.6) is 0 Å². The van der Waals surface area contributed by atoms with Gasteiger partial charge >= 0.3 is 0 Å². The minimum absolute atomic E-state index is 0.575. The Kier molecular flexibility index (Phi) is 3.93. The van der Waals surface area contributed by atoms with Crippen molar-refractivity contribution >= 4 is 0 Å². The van der Waals surface area contributed by atoms with Crippen LogP contribution in [0.1, 0.15) is 56.1 Å². The molecule has 0 aromatic carbocycles. The normalized spacial score (nSPS) is 20.7. The van der Waals surface area contributed by atoms with Crippen molar-refractivity contribution in [3.8, 4) is 6.07 Å². The fourth-order valence-electron chi connectivity index (χ4n) is 2.72. The number of hydrogen-bond donors (Lipinski definition) is 1. The van der Waals surface area contributed by atoms with Crippen LogP contribution in [-0.4, -0.2) is 15.1 Å². The number of nitriles is 1. The molecular weight excluding hydrogens is 226 g/mol. The molecule has 1 heterocycles. The highest BCUT2D eigenvalue weighted by Gasteiger charge is 2.40. The van der Waals surface area contributed by atoms with Gasteiger partial charge in [-0.25, -0.2) is 9.97 Å². The predicted molar refractivity (Wildman–Crippen MR) is 67.5 cm³/mol. The lowest BCUT2D eigenvalue weighted by Crippen LogP contribution is -2.27. The van der Waals surface area contributed by atoms with E-state index in [2.05, 4.69) is 16.0 Å². The van der Waals surface area contributed by atoms with Crippen molar-refractivity contribution < 1.29 is 5.11 Å². The van der Waals surface area contributed by atoms with E-state index in [1.807, 2.05) is 0 Å². The topological polar surface area (TPSA) is 69.8 Å². The van der Waals surface area contributed by atoms with E-state index in [0.29, 0.717) is 11.5 Å². The molecule has 1 N–H and O–H groups in total. The van der Waals surface area contributed by atoms with Crippen LogP contribution in [0.2, 0.25) is 0 Å². The second-order valence-electron chi connectivity index (χ2n) is 5.11. The fourth-order valence-corrected chi connectivity index (χ4v) is 2.72. The van der Waals surface area contributed by atoms with Crippen molar-refractivity contribution in [3.05, 3.63) is 23.8 Å². The van der Waals surface area contributed by atoms with Crippen LogP contribution in [0.25, 0.3) is 0 Å². The van der Waals surface area contributed by atoms with Crippen molar-refractivity contribution in [2.45, 2.75) is 51.6 Å². The summed E-state index contributed by atoms with van der Waals surface area (Å²) in [6.45, 7) is 1.79. The zero-order valence-electron chi connectivity index (χ0n) is 10.8.